The maximum Gasteiger partial charge on any atom is 0.225 e. The number of anilines is 2. The molecule has 3 rings (SSSR count). The van der Waals surface area contributed by atoms with E-state index in [2.05, 4.69) is 16.8 Å². The van der Waals surface area contributed by atoms with Gasteiger partial charge in [0, 0.05) is 32.1 Å². The minimum Gasteiger partial charge on any atom is -0.397 e. The van der Waals surface area contributed by atoms with Gasteiger partial charge in [0.25, 0.3) is 0 Å². The number of nitrogens with zero attached hydrogens (tertiary/aromatic N) is 3. The van der Waals surface area contributed by atoms with Crippen molar-refractivity contribution in [2.24, 2.45) is 11.8 Å². The van der Waals surface area contributed by atoms with Crippen molar-refractivity contribution >= 4 is 17.4 Å². The first-order valence-corrected chi connectivity index (χ1v) is 7.40. The first-order chi connectivity index (χ1) is 9.65. The quantitative estimate of drug-likeness (QED) is 0.904. The molecule has 2 N–H and O–H groups in total. The van der Waals surface area contributed by atoms with E-state index in [1.54, 1.807) is 6.20 Å². The van der Waals surface area contributed by atoms with Crippen molar-refractivity contribution in [3.8, 4) is 0 Å². The summed E-state index contributed by atoms with van der Waals surface area (Å²) in [6.07, 6.45) is 4.13. The Kier molecular flexibility index (Phi) is 3.51. The number of hydrogen-bond donors (Lipinski definition) is 1. The number of hydrogen-bond acceptors (Lipinski definition) is 4. The minimum absolute atomic E-state index is 0.205. The molecule has 20 heavy (non-hydrogen) atoms. The molecule has 2 heterocycles. The van der Waals surface area contributed by atoms with Crippen LogP contribution < -0.4 is 10.6 Å². The van der Waals surface area contributed by atoms with E-state index in [1.807, 2.05) is 17.0 Å². The summed E-state index contributed by atoms with van der Waals surface area (Å²) >= 11 is 0. The third-order valence-electron chi connectivity index (χ3n) is 4.40. The van der Waals surface area contributed by atoms with Crippen molar-refractivity contribution in [3.63, 3.8) is 0 Å². The zero-order valence-corrected chi connectivity index (χ0v) is 12.0. The van der Waals surface area contributed by atoms with Gasteiger partial charge in [0.15, 0.2) is 0 Å². The molecule has 5 nitrogen and oxygen atoms in total. The maximum absolute atomic E-state index is 12.3. The molecule has 1 aliphatic carbocycles. The Morgan fingerprint density at radius 2 is 2.00 bits per heavy atom. The molecule has 0 bridgehead atoms. The highest BCUT2D eigenvalue weighted by Crippen LogP contribution is 2.37. The predicted octanol–water partition coefficient (Wildman–Crippen LogP) is 1.36. The Bertz CT molecular complexity index is 475. The lowest BCUT2D eigenvalue weighted by molar-refractivity contribution is -0.135. The van der Waals surface area contributed by atoms with Gasteiger partial charge in [0.05, 0.1) is 11.9 Å². The second-order valence-corrected chi connectivity index (χ2v) is 5.89. The molecule has 1 saturated carbocycles. The summed E-state index contributed by atoms with van der Waals surface area (Å²) in [5.41, 5.74) is 6.33. The molecule has 2 fully saturated rings. The van der Waals surface area contributed by atoms with Crippen LogP contribution in [0.3, 0.4) is 0 Å². The average molecular weight is 274 g/mol. The number of piperazine rings is 1. The van der Waals surface area contributed by atoms with Gasteiger partial charge in [-0.3, -0.25) is 4.79 Å². The molecule has 0 radical (unpaired) electrons. The largest absolute Gasteiger partial charge is 0.397 e. The Hall–Kier alpha value is -1.78. The summed E-state index contributed by atoms with van der Waals surface area (Å²) in [7, 11) is 0. The molecule has 108 valence electrons. The van der Waals surface area contributed by atoms with Gasteiger partial charge < -0.3 is 15.5 Å². The molecular weight excluding hydrogens is 252 g/mol. The van der Waals surface area contributed by atoms with Crippen molar-refractivity contribution in [2.75, 3.05) is 36.8 Å². The van der Waals surface area contributed by atoms with Crippen LogP contribution >= 0.6 is 0 Å². The van der Waals surface area contributed by atoms with Gasteiger partial charge in [-0.05, 0) is 30.9 Å². The fourth-order valence-electron chi connectivity index (χ4n) is 2.83. The van der Waals surface area contributed by atoms with E-state index in [0.29, 0.717) is 17.5 Å². The Labute approximate surface area is 119 Å². The van der Waals surface area contributed by atoms with Crippen LogP contribution in [0, 0.1) is 11.8 Å². The van der Waals surface area contributed by atoms with E-state index in [1.165, 1.54) is 12.8 Å². The lowest BCUT2D eigenvalue weighted by atomic mass is 10.0. The van der Waals surface area contributed by atoms with Crippen LogP contribution in [-0.4, -0.2) is 42.0 Å². The fourth-order valence-corrected chi connectivity index (χ4v) is 2.83. The molecule has 1 aliphatic heterocycles. The Morgan fingerprint density at radius 3 is 2.55 bits per heavy atom. The summed E-state index contributed by atoms with van der Waals surface area (Å²) in [5.74, 6) is 2.12. The fraction of sp³-hybridized carbons (Fsp3) is 0.600. The molecule has 1 aromatic heterocycles. The lowest BCUT2D eigenvalue weighted by Crippen LogP contribution is -2.50. The maximum atomic E-state index is 12.3. The van der Waals surface area contributed by atoms with E-state index in [0.717, 1.165) is 32.0 Å². The van der Waals surface area contributed by atoms with Crippen molar-refractivity contribution in [2.45, 2.75) is 19.8 Å². The van der Waals surface area contributed by atoms with Gasteiger partial charge in [-0.1, -0.05) is 6.92 Å². The van der Waals surface area contributed by atoms with Gasteiger partial charge in [-0.2, -0.15) is 0 Å². The van der Waals surface area contributed by atoms with E-state index in [4.69, 9.17) is 5.73 Å². The highest BCUT2D eigenvalue weighted by Gasteiger charge is 2.35. The number of nitrogens with two attached hydrogens (primary N) is 1. The van der Waals surface area contributed by atoms with Crippen LogP contribution in [0.4, 0.5) is 11.5 Å². The third-order valence-corrected chi connectivity index (χ3v) is 4.40. The summed E-state index contributed by atoms with van der Waals surface area (Å²) in [6.45, 7) is 5.36. The number of nitrogen functional groups attached to an aromatic ring is 1. The lowest BCUT2D eigenvalue weighted by Gasteiger charge is -2.36. The average Bonchev–Trinajstić information content (AvgIpc) is 3.31. The first-order valence-electron chi connectivity index (χ1n) is 7.40. The van der Waals surface area contributed by atoms with Crippen LogP contribution in [0.5, 0.6) is 0 Å². The van der Waals surface area contributed by atoms with Crippen LogP contribution in [0.2, 0.25) is 0 Å². The second kappa shape index (κ2) is 5.31. The van der Waals surface area contributed by atoms with Crippen molar-refractivity contribution in [1.29, 1.82) is 0 Å². The van der Waals surface area contributed by atoms with Crippen LogP contribution in [0.25, 0.3) is 0 Å². The molecule has 0 aromatic carbocycles. The highest BCUT2D eigenvalue weighted by molar-refractivity contribution is 5.79. The zero-order valence-electron chi connectivity index (χ0n) is 12.0. The smallest absolute Gasteiger partial charge is 0.225 e. The third kappa shape index (κ3) is 2.71. The van der Waals surface area contributed by atoms with Gasteiger partial charge in [-0.15, -0.1) is 0 Å². The Balaban J connectivity index is 1.56. The molecule has 0 spiro atoms. The van der Waals surface area contributed by atoms with Gasteiger partial charge in [0.2, 0.25) is 5.91 Å². The minimum atomic E-state index is 0.205. The summed E-state index contributed by atoms with van der Waals surface area (Å²) < 4.78 is 0. The summed E-state index contributed by atoms with van der Waals surface area (Å²) in [5, 5.41) is 0. The van der Waals surface area contributed by atoms with E-state index >= 15 is 0 Å². The standard InChI is InChI=1S/C15H22N4O/c1-11(12-2-3-12)15(20)19-8-6-18(7-9-19)14-5-4-13(16)10-17-14/h4-5,10-12H,2-3,6-9,16H2,1H3. The Morgan fingerprint density at radius 1 is 1.30 bits per heavy atom. The molecule has 1 saturated heterocycles. The first kappa shape index (κ1) is 13.2. The number of pyridine rings is 1. The van der Waals surface area contributed by atoms with E-state index in [-0.39, 0.29) is 5.92 Å². The molecule has 1 unspecified atom stereocenters. The number of carbonyl (C=O) groups is 1. The number of aromatic nitrogens is 1. The molecule has 5 heteroatoms. The van der Waals surface area contributed by atoms with E-state index < -0.39 is 0 Å². The molecule has 1 atom stereocenters. The normalized spacial score (nSPS) is 20.9. The summed E-state index contributed by atoms with van der Waals surface area (Å²) in [6, 6.07) is 3.81. The molecular formula is C15H22N4O. The van der Waals surface area contributed by atoms with Crippen LogP contribution in [0.1, 0.15) is 19.8 Å². The predicted molar refractivity (Wildman–Crippen MR) is 79.3 cm³/mol. The highest BCUT2D eigenvalue weighted by atomic mass is 16.2. The zero-order chi connectivity index (χ0) is 14.1. The van der Waals surface area contributed by atoms with Gasteiger partial charge >= 0.3 is 0 Å². The van der Waals surface area contributed by atoms with Gasteiger partial charge in [0.1, 0.15) is 5.82 Å². The van der Waals surface area contributed by atoms with Crippen LogP contribution in [-0.2, 0) is 4.79 Å². The molecule has 2 aliphatic rings. The second-order valence-electron chi connectivity index (χ2n) is 5.89. The topological polar surface area (TPSA) is 62.5 Å². The van der Waals surface area contributed by atoms with Crippen LogP contribution in [0.15, 0.2) is 18.3 Å². The number of amides is 1. The van der Waals surface area contributed by atoms with Gasteiger partial charge in [-0.25, -0.2) is 4.98 Å². The van der Waals surface area contributed by atoms with E-state index in [9.17, 15) is 4.79 Å². The van der Waals surface area contributed by atoms with Crippen molar-refractivity contribution in [3.05, 3.63) is 18.3 Å². The molecule has 1 amide bonds. The number of rotatable bonds is 3. The van der Waals surface area contributed by atoms with Crippen molar-refractivity contribution < 1.29 is 4.79 Å². The SMILES string of the molecule is CC(C(=O)N1CCN(c2ccc(N)cn2)CC1)C1CC1. The molecule has 1 aromatic rings. The summed E-state index contributed by atoms with van der Waals surface area (Å²) in [4.78, 5) is 20.9. The number of carbonyl (C=O) groups excluding carboxylic acids is 1. The monoisotopic (exact) mass is 274 g/mol. The van der Waals surface area contributed by atoms with Crippen molar-refractivity contribution in [1.82, 2.24) is 9.88 Å².